The second kappa shape index (κ2) is 7.82. The number of methoxy groups -OCH3 is 1. The smallest absolute Gasteiger partial charge is 0.122 e. The SMILES string of the molecule is C=CC(C)C(O)(C=C(SC)SC)C1CC1c1ccccc1OC. The van der Waals surface area contributed by atoms with Gasteiger partial charge in [0.1, 0.15) is 5.75 Å². The molecule has 0 aromatic heterocycles. The molecule has 1 saturated carbocycles. The maximum atomic E-state index is 11.4. The lowest BCUT2D eigenvalue weighted by atomic mass is 9.82. The van der Waals surface area contributed by atoms with Gasteiger partial charge in [0, 0.05) is 10.2 Å². The first kappa shape index (κ1) is 18.5. The molecule has 4 unspecified atom stereocenters. The van der Waals surface area contributed by atoms with Gasteiger partial charge < -0.3 is 9.84 Å². The maximum Gasteiger partial charge on any atom is 0.122 e. The normalized spacial score (nSPS) is 23.5. The lowest BCUT2D eigenvalue weighted by Gasteiger charge is -2.31. The van der Waals surface area contributed by atoms with Gasteiger partial charge in [-0.25, -0.2) is 0 Å². The van der Waals surface area contributed by atoms with E-state index in [0.29, 0.717) is 5.92 Å². The number of thioether (sulfide) groups is 2. The molecule has 1 aliphatic rings. The van der Waals surface area contributed by atoms with Crippen molar-refractivity contribution in [1.82, 2.24) is 0 Å². The molecule has 2 nitrogen and oxygen atoms in total. The van der Waals surface area contributed by atoms with E-state index < -0.39 is 5.60 Å². The second-order valence-electron chi connectivity index (χ2n) is 5.97. The van der Waals surface area contributed by atoms with Crippen LogP contribution in [0.3, 0.4) is 0 Å². The molecule has 23 heavy (non-hydrogen) atoms. The van der Waals surface area contributed by atoms with E-state index in [9.17, 15) is 5.11 Å². The molecule has 4 atom stereocenters. The summed E-state index contributed by atoms with van der Waals surface area (Å²) in [5, 5.41) is 11.4. The molecule has 0 radical (unpaired) electrons. The summed E-state index contributed by atoms with van der Waals surface area (Å²) < 4.78 is 6.64. The molecule has 0 heterocycles. The van der Waals surface area contributed by atoms with E-state index in [1.54, 1.807) is 30.6 Å². The van der Waals surface area contributed by atoms with E-state index in [1.807, 2.05) is 49.8 Å². The van der Waals surface area contributed by atoms with Crippen LogP contribution in [0.1, 0.15) is 24.8 Å². The van der Waals surface area contributed by atoms with Crippen LogP contribution >= 0.6 is 23.5 Å². The van der Waals surface area contributed by atoms with Gasteiger partial charge in [-0.2, -0.15) is 0 Å². The summed E-state index contributed by atoms with van der Waals surface area (Å²) in [7, 11) is 1.70. The minimum Gasteiger partial charge on any atom is -0.496 e. The highest BCUT2D eigenvalue weighted by Gasteiger charge is 2.54. The van der Waals surface area contributed by atoms with E-state index in [2.05, 4.69) is 12.6 Å². The molecule has 2 rings (SSSR count). The molecule has 0 aliphatic heterocycles. The average Bonchev–Trinajstić information content (AvgIpc) is 3.39. The van der Waals surface area contributed by atoms with E-state index >= 15 is 0 Å². The van der Waals surface area contributed by atoms with Crippen LogP contribution in [0.4, 0.5) is 0 Å². The fourth-order valence-corrected chi connectivity index (χ4v) is 4.46. The van der Waals surface area contributed by atoms with E-state index in [4.69, 9.17) is 4.74 Å². The summed E-state index contributed by atoms with van der Waals surface area (Å²) >= 11 is 3.36. The first-order valence-electron chi connectivity index (χ1n) is 7.80. The highest BCUT2D eigenvalue weighted by Crippen LogP contribution is 2.58. The third-order valence-corrected chi connectivity index (χ3v) is 6.80. The lowest BCUT2D eigenvalue weighted by Crippen LogP contribution is -2.36. The van der Waals surface area contributed by atoms with Crippen LogP contribution in [0.2, 0.25) is 0 Å². The topological polar surface area (TPSA) is 29.5 Å². The van der Waals surface area contributed by atoms with Gasteiger partial charge in [0.05, 0.1) is 12.7 Å². The fourth-order valence-electron chi connectivity index (χ4n) is 3.18. The number of aliphatic hydroxyl groups is 1. The molecule has 0 bridgehead atoms. The van der Waals surface area contributed by atoms with E-state index in [1.165, 1.54) is 5.56 Å². The summed E-state index contributed by atoms with van der Waals surface area (Å²) in [6.07, 6.45) is 8.96. The number of para-hydroxylation sites is 1. The van der Waals surface area contributed by atoms with Crippen molar-refractivity contribution >= 4 is 23.5 Å². The van der Waals surface area contributed by atoms with Gasteiger partial charge in [0.25, 0.3) is 0 Å². The lowest BCUT2D eigenvalue weighted by molar-refractivity contribution is 0.0304. The van der Waals surface area contributed by atoms with Gasteiger partial charge in [-0.15, -0.1) is 30.1 Å². The zero-order chi connectivity index (χ0) is 17.0. The molecule has 1 N–H and O–H groups in total. The van der Waals surface area contributed by atoms with Crippen molar-refractivity contribution in [2.45, 2.75) is 24.9 Å². The molecule has 1 aromatic carbocycles. The Morgan fingerprint density at radius 2 is 2.04 bits per heavy atom. The monoisotopic (exact) mass is 350 g/mol. The van der Waals surface area contributed by atoms with Crippen molar-refractivity contribution in [3.05, 3.63) is 52.8 Å². The van der Waals surface area contributed by atoms with Crippen LogP contribution < -0.4 is 4.74 Å². The standard InChI is InChI=1S/C19H26O2S2/c1-6-13(2)19(20,12-18(22-4)23-5)16-11-15(16)14-9-7-8-10-17(14)21-3/h6-10,12-13,15-16,20H,1,11H2,2-5H3. The van der Waals surface area contributed by atoms with Crippen LogP contribution in [-0.2, 0) is 0 Å². The summed E-state index contributed by atoms with van der Waals surface area (Å²) in [4.78, 5) is 0. The van der Waals surface area contributed by atoms with Crippen molar-refractivity contribution in [2.75, 3.05) is 19.6 Å². The molecule has 0 amide bonds. The van der Waals surface area contributed by atoms with E-state index in [-0.39, 0.29) is 11.8 Å². The van der Waals surface area contributed by atoms with Crippen molar-refractivity contribution in [2.24, 2.45) is 11.8 Å². The molecule has 1 fully saturated rings. The molecule has 4 heteroatoms. The summed E-state index contributed by atoms with van der Waals surface area (Å²) in [5.74, 6) is 1.44. The van der Waals surface area contributed by atoms with Gasteiger partial charge in [-0.3, -0.25) is 0 Å². The number of hydrogen-bond donors (Lipinski definition) is 1. The number of hydrogen-bond acceptors (Lipinski definition) is 4. The average molecular weight is 351 g/mol. The van der Waals surface area contributed by atoms with Crippen LogP contribution in [0, 0.1) is 11.8 Å². The quantitative estimate of drug-likeness (QED) is 0.674. The first-order chi connectivity index (χ1) is 11.0. The predicted molar refractivity (Wildman–Crippen MR) is 103 cm³/mol. The minimum atomic E-state index is -0.866. The molecular formula is C19H26O2S2. The molecular weight excluding hydrogens is 324 g/mol. The van der Waals surface area contributed by atoms with Gasteiger partial charge in [0.2, 0.25) is 0 Å². The highest BCUT2D eigenvalue weighted by molar-refractivity contribution is 8.21. The van der Waals surface area contributed by atoms with Crippen molar-refractivity contribution < 1.29 is 9.84 Å². The fraction of sp³-hybridized carbons (Fsp3) is 0.474. The summed E-state index contributed by atoms with van der Waals surface area (Å²) in [5.41, 5.74) is 0.326. The Bertz CT molecular complexity index is 578. The van der Waals surface area contributed by atoms with Gasteiger partial charge in [-0.1, -0.05) is 31.2 Å². The van der Waals surface area contributed by atoms with Crippen LogP contribution in [0.15, 0.2) is 47.2 Å². The summed E-state index contributed by atoms with van der Waals surface area (Å²) in [6.45, 7) is 5.94. The molecule has 1 aromatic rings. The Morgan fingerprint density at radius 1 is 1.39 bits per heavy atom. The first-order valence-corrected chi connectivity index (χ1v) is 10.2. The van der Waals surface area contributed by atoms with Gasteiger partial charge in [0.15, 0.2) is 0 Å². The molecule has 0 saturated heterocycles. The Kier molecular flexibility index (Phi) is 6.29. The Hall–Kier alpha value is -0.840. The Balaban J connectivity index is 2.33. The zero-order valence-corrected chi connectivity index (χ0v) is 15.9. The zero-order valence-electron chi connectivity index (χ0n) is 14.3. The number of ether oxygens (including phenoxy) is 1. The van der Waals surface area contributed by atoms with Crippen LogP contribution in [-0.4, -0.2) is 30.3 Å². The Morgan fingerprint density at radius 3 is 2.61 bits per heavy atom. The molecule has 1 aliphatic carbocycles. The van der Waals surface area contributed by atoms with Crippen molar-refractivity contribution in [1.29, 1.82) is 0 Å². The Labute approximate surface area is 148 Å². The third kappa shape index (κ3) is 3.81. The molecule has 126 valence electrons. The van der Waals surface area contributed by atoms with Gasteiger partial charge in [-0.05, 0) is 48.5 Å². The highest BCUT2D eigenvalue weighted by atomic mass is 32.2. The van der Waals surface area contributed by atoms with Gasteiger partial charge >= 0.3 is 0 Å². The minimum absolute atomic E-state index is 0.00140. The predicted octanol–water partition coefficient (Wildman–Crippen LogP) is 4.92. The van der Waals surface area contributed by atoms with Crippen LogP contribution in [0.25, 0.3) is 0 Å². The van der Waals surface area contributed by atoms with Crippen molar-refractivity contribution in [3.63, 3.8) is 0 Å². The second-order valence-corrected chi connectivity index (χ2v) is 7.93. The summed E-state index contributed by atoms with van der Waals surface area (Å²) in [6, 6.07) is 8.12. The maximum absolute atomic E-state index is 11.4. The number of rotatable bonds is 8. The molecule has 0 spiro atoms. The van der Waals surface area contributed by atoms with E-state index in [0.717, 1.165) is 16.4 Å². The third-order valence-electron chi connectivity index (χ3n) is 4.76. The number of benzene rings is 1. The van der Waals surface area contributed by atoms with Crippen molar-refractivity contribution in [3.8, 4) is 5.75 Å². The largest absolute Gasteiger partial charge is 0.496 e. The van der Waals surface area contributed by atoms with Crippen LogP contribution in [0.5, 0.6) is 5.75 Å².